The molecular weight excluding hydrogens is 434 g/mol. The Hall–Kier alpha value is -4.62. The molecule has 0 atom stereocenters. The number of hydrogen-bond acceptors (Lipinski definition) is 1. The highest BCUT2D eigenvalue weighted by Crippen LogP contribution is 2.38. The Bertz CT molecular complexity index is 1490. The van der Waals surface area contributed by atoms with Gasteiger partial charge in [-0.1, -0.05) is 103 Å². The Kier molecular flexibility index (Phi) is 5.81. The van der Waals surface area contributed by atoms with Gasteiger partial charge < -0.3 is 4.90 Å². The topological polar surface area (TPSA) is 3.24 Å². The molecule has 1 aliphatic rings. The van der Waals surface area contributed by atoms with E-state index in [9.17, 15) is 0 Å². The van der Waals surface area contributed by atoms with Gasteiger partial charge in [-0.3, -0.25) is 0 Å². The Morgan fingerprint density at radius 2 is 1.00 bits per heavy atom. The summed E-state index contributed by atoms with van der Waals surface area (Å²) < 4.78 is 0. The van der Waals surface area contributed by atoms with Crippen molar-refractivity contribution in [1.29, 1.82) is 0 Å². The predicted octanol–water partition coefficient (Wildman–Crippen LogP) is 9.54. The minimum Gasteiger partial charge on any atom is -0.310 e. The summed E-state index contributed by atoms with van der Waals surface area (Å²) in [5.74, 6) is 0. The number of para-hydroxylation sites is 2. The lowest BCUT2D eigenvalue weighted by molar-refractivity contribution is 1.27. The predicted molar refractivity (Wildman–Crippen MR) is 155 cm³/mol. The summed E-state index contributed by atoms with van der Waals surface area (Å²) in [7, 11) is 0. The van der Waals surface area contributed by atoms with E-state index in [1.807, 2.05) is 0 Å². The zero-order valence-corrected chi connectivity index (χ0v) is 20.3. The van der Waals surface area contributed by atoms with Gasteiger partial charge in [-0.25, -0.2) is 0 Å². The van der Waals surface area contributed by atoms with E-state index in [4.69, 9.17) is 0 Å². The quantitative estimate of drug-likeness (QED) is 0.253. The second kappa shape index (κ2) is 9.56. The van der Waals surface area contributed by atoms with Crippen molar-refractivity contribution in [3.05, 3.63) is 161 Å². The zero-order valence-electron chi connectivity index (χ0n) is 20.3. The molecule has 172 valence electrons. The molecule has 0 spiro atoms. The first kappa shape index (κ1) is 21.9. The molecule has 0 aromatic heterocycles. The highest BCUT2D eigenvalue weighted by Gasteiger charge is 2.16. The maximum atomic E-state index is 2.35. The molecule has 0 bridgehead atoms. The lowest BCUT2D eigenvalue weighted by Crippen LogP contribution is -2.10. The van der Waals surface area contributed by atoms with Crippen LogP contribution in [-0.2, 0) is 0 Å². The second-order valence-electron chi connectivity index (χ2n) is 9.11. The molecule has 1 heteroatoms. The first-order chi connectivity index (χ1) is 17.8. The summed E-state index contributed by atoms with van der Waals surface area (Å²) in [5, 5.41) is 0. The molecule has 1 aliphatic carbocycles. The van der Waals surface area contributed by atoms with Gasteiger partial charge in [-0.05, 0) is 88.4 Å². The van der Waals surface area contributed by atoms with E-state index in [1.165, 1.54) is 39.0 Å². The Morgan fingerprint density at radius 1 is 0.500 bits per heavy atom. The van der Waals surface area contributed by atoms with Crippen molar-refractivity contribution >= 4 is 40.9 Å². The average molecular weight is 462 g/mol. The summed E-state index contributed by atoms with van der Waals surface area (Å²) in [6.07, 6.45) is 6.80. The first-order valence-electron chi connectivity index (χ1n) is 12.4. The Morgan fingerprint density at radius 3 is 1.53 bits per heavy atom. The normalized spacial score (nSPS) is 11.9. The van der Waals surface area contributed by atoms with Crippen molar-refractivity contribution in [2.75, 3.05) is 4.90 Å². The largest absolute Gasteiger partial charge is 0.310 e. The van der Waals surface area contributed by atoms with E-state index in [-0.39, 0.29) is 0 Å². The summed E-state index contributed by atoms with van der Waals surface area (Å²) in [6, 6.07) is 45.2. The molecule has 0 amide bonds. The number of benzene rings is 5. The molecule has 0 saturated carbocycles. The van der Waals surface area contributed by atoms with Crippen LogP contribution in [0.1, 0.15) is 33.4 Å². The van der Waals surface area contributed by atoms with E-state index in [2.05, 4.69) is 157 Å². The second-order valence-corrected chi connectivity index (χ2v) is 9.11. The molecule has 0 heterocycles. The van der Waals surface area contributed by atoms with Crippen LogP contribution in [0, 0.1) is 6.92 Å². The smallest absolute Gasteiger partial charge is 0.0464 e. The third kappa shape index (κ3) is 4.16. The Labute approximate surface area is 213 Å². The van der Waals surface area contributed by atoms with Crippen LogP contribution in [0.25, 0.3) is 23.8 Å². The number of rotatable bonds is 4. The number of anilines is 3. The molecule has 0 saturated heterocycles. The number of aryl methyl sites for hydroxylation is 1. The van der Waals surface area contributed by atoms with E-state index < -0.39 is 0 Å². The molecule has 5 aromatic carbocycles. The van der Waals surface area contributed by atoms with Crippen molar-refractivity contribution in [2.24, 2.45) is 0 Å². The van der Waals surface area contributed by atoms with Gasteiger partial charge in [0.15, 0.2) is 0 Å². The van der Waals surface area contributed by atoms with Gasteiger partial charge in [0.2, 0.25) is 0 Å². The van der Waals surface area contributed by atoms with Crippen LogP contribution >= 0.6 is 0 Å². The molecule has 0 aliphatic heterocycles. The molecule has 0 fully saturated rings. The maximum absolute atomic E-state index is 2.35. The van der Waals surface area contributed by atoms with E-state index in [0.717, 1.165) is 17.1 Å². The third-order valence-electron chi connectivity index (χ3n) is 6.78. The molecule has 0 radical (unpaired) electrons. The third-order valence-corrected chi connectivity index (χ3v) is 6.78. The van der Waals surface area contributed by atoms with E-state index in [0.29, 0.717) is 0 Å². The first-order valence-corrected chi connectivity index (χ1v) is 12.4. The molecule has 6 rings (SSSR count). The van der Waals surface area contributed by atoms with Gasteiger partial charge in [0.25, 0.3) is 0 Å². The summed E-state index contributed by atoms with van der Waals surface area (Å²) >= 11 is 0. The number of hydrogen-bond donors (Lipinski definition) is 0. The van der Waals surface area contributed by atoms with Crippen LogP contribution in [0.2, 0.25) is 0 Å². The van der Waals surface area contributed by atoms with Gasteiger partial charge >= 0.3 is 0 Å². The molecule has 1 nitrogen and oxygen atoms in total. The summed E-state index contributed by atoms with van der Waals surface area (Å²) in [6.45, 7) is 2.21. The van der Waals surface area contributed by atoms with Crippen LogP contribution < -0.4 is 4.90 Å². The van der Waals surface area contributed by atoms with Crippen molar-refractivity contribution in [1.82, 2.24) is 0 Å². The van der Waals surface area contributed by atoms with Crippen LogP contribution in [0.3, 0.4) is 0 Å². The lowest BCUT2D eigenvalue weighted by Gasteiger charge is -2.26. The van der Waals surface area contributed by atoms with Crippen molar-refractivity contribution < 1.29 is 0 Å². The standard InChI is InChI=1S/C35H27N/c1-26-24-32(36(30-14-4-2-5-15-30)31-16-6-3-7-17-31)23-22-29(26)25-35-33-18-10-8-12-27(33)20-21-28-13-9-11-19-34(28)35/h2-25H,1H3. The van der Waals surface area contributed by atoms with Crippen LogP contribution in [-0.4, -0.2) is 0 Å². The van der Waals surface area contributed by atoms with Crippen LogP contribution in [0.5, 0.6) is 0 Å². The fourth-order valence-corrected chi connectivity index (χ4v) is 4.97. The lowest BCUT2D eigenvalue weighted by atomic mass is 9.91. The summed E-state index contributed by atoms with van der Waals surface area (Å²) in [5.41, 5.74) is 12.2. The van der Waals surface area contributed by atoms with E-state index in [1.54, 1.807) is 0 Å². The fraction of sp³-hybridized carbons (Fsp3) is 0.0286. The molecule has 36 heavy (non-hydrogen) atoms. The van der Waals surface area contributed by atoms with Crippen molar-refractivity contribution in [3.63, 3.8) is 0 Å². The van der Waals surface area contributed by atoms with Gasteiger partial charge in [-0.2, -0.15) is 0 Å². The average Bonchev–Trinajstić information content (AvgIpc) is 3.09. The monoisotopic (exact) mass is 461 g/mol. The number of nitrogens with zero attached hydrogens (tertiary/aromatic N) is 1. The van der Waals surface area contributed by atoms with Gasteiger partial charge in [0.1, 0.15) is 0 Å². The Balaban J connectivity index is 1.48. The molecular formula is C35H27N. The molecule has 0 N–H and O–H groups in total. The highest BCUT2D eigenvalue weighted by atomic mass is 15.1. The van der Waals surface area contributed by atoms with Gasteiger partial charge in [0.05, 0.1) is 0 Å². The van der Waals surface area contributed by atoms with Crippen LogP contribution in [0.4, 0.5) is 17.1 Å². The fourth-order valence-electron chi connectivity index (χ4n) is 4.97. The van der Waals surface area contributed by atoms with E-state index >= 15 is 0 Å². The van der Waals surface area contributed by atoms with Gasteiger partial charge in [-0.15, -0.1) is 0 Å². The molecule has 0 unspecified atom stereocenters. The maximum Gasteiger partial charge on any atom is 0.0464 e. The zero-order chi connectivity index (χ0) is 24.3. The van der Waals surface area contributed by atoms with Crippen molar-refractivity contribution in [2.45, 2.75) is 6.92 Å². The molecule has 5 aromatic rings. The van der Waals surface area contributed by atoms with Crippen LogP contribution in [0.15, 0.2) is 127 Å². The minimum atomic E-state index is 1.15. The highest BCUT2D eigenvalue weighted by molar-refractivity contribution is 6.00. The minimum absolute atomic E-state index is 1.15. The SMILES string of the molecule is Cc1cc(N(c2ccccc2)c2ccccc2)ccc1C=C1c2ccccc2C=Cc2ccccc21. The van der Waals surface area contributed by atoms with Gasteiger partial charge in [0, 0.05) is 17.1 Å². The summed E-state index contributed by atoms with van der Waals surface area (Å²) in [4.78, 5) is 2.31. The number of fused-ring (bicyclic) bond motifs is 2. The van der Waals surface area contributed by atoms with Crippen molar-refractivity contribution in [3.8, 4) is 0 Å².